The van der Waals surface area contributed by atoms with Gasteiger partial charge in [0, 0.05) is 12.0 Å². The zero-order valence-electron chi connectivity index (χ0n) is 12.6. The first-order chi connectivity index (χ1) is 10.2. The molecule has 0 aromatic heterocycles. The van der Waals surface area contributed by atoms with E-state index in [-0.39, 0.29) is 17.9 Å². The quantitative estimate of drug-likeness (QED) is 0.841. The Hall–Kier alpha value is -1.75. The lowest BCUT2D eigenvalue weighted by atomic mass is 9.87. The van der Waals surface area contributed by atoms with Gasteiger partial charge in [0.05, 0.1) is 20.8 Å². The molecule has 1 aliphatic rings. The Morgan fingerprint density at radius 3 is 2.29 bits per heavy atom. The highest BCUT2D eigenvalue weighted by atomic mass is 16.5. The van der Waals surface area contributed by atoms with Gasteiger partial charge < -0.3 is 19.9 Å². The highest BCUT2D eigenvalue weighted by Gasteiger charge is 2.34. The first-order valence-electron chi connectivity index (χ1n) is 7.26. The molecule has 0 atom stereocenters. The number of rotatable bonds is 6. The Labute approximate surface area is 125 Å². The second-order valence-electron chi connectivity index (χ2n) is 5.59. The van der Waals surface area contributed by atoms with Gasteiger partial charge in [-0.05, 0) is 25.0 Å². The molecule has 2 N–H and O–H groups in total. The van der Waals surface area contributed by atoms with Gasteiger partial charge in [0.1, 0.15) is 17.1 Å². The van der Waals surface area contributed by atoms with Crippen LogP contribution in [0.3, 0.4) is 0 Å². The molecule has 0 saturated heterocycles. The molecule has 0 unspecified atom stereocenters. The molecule has 1 aromatic carbocycles. The van der Waals surface area contributed by atoms with Gasteiger partial charge in [0.2, 0.25) is 0 Å². The molecule has 1 aromatic rings. The Bertz CT molecular complexity index is 473. The average molecular weight is 293 g/mol. The third kappa shape index (κ3) is 3.29. The van der Waals surface area contributed by atoms with Gasteiger partial charge in [-0.15, -0.1) is 0 Å². The number of hydrogen-bond acceptors (Lipinski definition) is 4. The first kappa shape index (κ1) is 15.6. The van der Waals surface area contributed by atoms with Crippen LogP contribution in [0.1, 0.15) is 36.0 Å². The van der Waals surface area contributed by atoms with Crippen LogP contribution >= 0.6 is 0 Å². The van der Waals surface area contributed by atoms with Crippen molar-refractivity contribution in [2.45, 2.75) is 25.7 Å². The van der Waals surface area contributed by atoms with E-state index in [1.165, 1.54) is 14.2 Å². The number of aliphatic hydroxyl groups excluding tert-OH is 1. The number of aliphatic hydroxyl groups is 1. The summed E-state index contributed by atoms with van der Waals surface area (Å²) < 4.78 is 10.5. The molecule has 2 rings (SSSR count). The summed E-state index contributed by atoms with van der Waals surface area (Å²) in [6.45, 7) is 0.583. The number of methoxy groups -OCH3 is 2. The smallest absolute Gasteiger partial charge is 0.258 e. The van der Waals surface area contributed by atoms with Gasteiger partial charge >= 0.3 is 0 Å². The molecule has 116 valence electrons. The number of nitrogens with one attached hydrogen (secondary N) is 1. The fourth-order valence-corrected chi connectivity index (χ4v) is 2.95. The minimum Gasteiger partial charge on any atom is -0.496 e. The summed E-state index contributed by atoms with van der Waals surface area (Å²) >= 11 is 0. The maximum absolute atomic E-state index is 12.5. The topological polar surface area (TPSA) is 67.8 Å². The fraction of sp³-hybridized carbons (Fsp3) is 0.562. The molecule has 21 heavy (non-hydrogen) atoms. The molecule has 0 aliphatic heterocycles. The predicted molar refractivity (Wildman–Crippen MR) is 79.9 cm³/mol. The van der Waals surface area contributed by atoms with E-state index >= 15 is 0 Å². The maximum atomic E-state index is 12.5. The van der Waals surface area contributed by atoms with E-state index in [0.717, 1.165) is 25.7 Å². The van der Waals surface area contributed by atoms with Crippen molar-refractivity contribution < 1.29 is 19.4 Å². The van der Waals surface area contributed by atoms with Gasteiger partial charge in [-0.2, -0.15) is 0 Å². The van der Waals surface area contributed by atoms with Gasteiger partial charge in [-0.3, -0.25) is 4.79 Å². The molecule has 1 fully saturated rings. The molecule has 0 radical (unpaired) electrons. The number of carbonyl (C=O) groups is 1. The summed E-state index contributed by atoms with van der Waals surface area (Å²) in [6.07, 6.45) is 4.11. The van der Waals surface area contributed by atoms with Crippen LogP contribution in [-0.4, -0.2) is 38.4 Å². The summed E-state index contributed by atoms with van der Waals surface area (Å²) in [5, 5.41) is 12.5. The van der Waals surface area contributed by atoms with Crippen molar-refractivity contribution in [3.63, 3.8) is 0 Å². The predicted octanol–water partition coefficient (Wildman–Crippen LogP) is 1.99. The minimum absolute atomic E-state index is 0.107. The van der Waals surface area contributed by atoms with E-state index in [2.05, 4.69) is 5.32 Å². The van der Waals surface area contributed by atoms with Crippen molar-refractivity contribution in [2.24, 2.45) is 5.41 Å². The third-order valence-electron chi connectivity index (χ3n) is 4.28. The van der Waals surface area contributed by atoms with Crippen molar-refractivity contribution in [3.8, 4) is 11.5 Å². The third-order valence-corrected chi connectivity index (χ3v) is 4.28. The van der Waals surface area contributed by atoms with Crippen LogP contribution in [0.15, 0.2) is 18.2 Å². The van der Waals surface area contributed by atoms with Crippen LogP contribution in [0.4, 0.5) is 0 Å². The molecule has 0 bridgehead atoms. The largest absolute Gasteiger partial charge is 0.496 e. The molecular weight excluding hydrogens is 270 g/mol. The number of amides is 1. The lowest BCUT2D eigenvalue weighted by Gasteiger charge is -2.26. The van der Waals surface area contributed by atoms with E-state index in [1.807, 2.05) is 0 Å². The lowest BCUT2D eigenvalue weighted by Crippen LogP contribution is -2.38. The molecule has 0 spiro atoms. The van der Waals surface area contributed by atoms with Crippen molar-refractivity contribution >= 4 is 5.91 Å². The molecular formula is C16H23NO4. The Balaban J connectivity index is 2.13. The van der Waals surface area contributed by atoms with Gasteiger partial charge in [-0.25, -0.2) is 0 Å². The molecule has 0 heterocycles. The van der Waals surface area contributed by atoms with Crippen molar-refractivity contribution in [1.29, 1.82) is 0 Å². The van der Waals surface area contributed by atoms with Crippen LogP contribution < -0.4 is 14.8 Å². The Morgan fingerprint density at radius 2 is 1.81 bits per heavy atom. The average Bonchev–Trinajstić information content (AvgIpc) is 3.01. The van der Waals surface area contributed by atoms with E-state index in [0.29, 0.717) is 23.6 Å². The number of ether oxygens (including phenoxy) is 2. The SMILES string of the molecule is COc1cccc(OC)c1C(=O)NCC1(CO)CCCC1. The normalized spacial score (nSPS) is 16.5. The first-order valence-corrected chi connectivity index (χ1v) is 7.26. The molecule has 1 aliphatic carbocycles. The van der Waals surface area contributed by atoms with E-state index < -0.39 is 0 Å². The minimum atomic E-state index is -0.232. The Kier molecular flexibility index (Phi) is 5.07. The van der Waals surface area contributed by atoms with Crippen LogP contribution in [0.2, 0.25) is 0 Å². The van der Waals surface area contributed by atoms with E-state index in [9.17, 15) is 9.90 Å². The van der Waals surface area contributed by atoms with Crippen molar-refractivity contribution in [3.05, 3.63) is 23.8 Å². The molecule has 5 heteroatoms. The highest BCUT2D eigenvalue weighted by molar-refractivity contribution is 5.99. The number of carbonyl (C=O) groups excluding carboxylic acids is 1. The zero-order chi connectivity index (χ0) is 15.3. The maximum Gasteiger partial charge on any atom is 0.258 e. The van der Waals surface area contributed by atoms with Crippen molar-refractivity contribution in [1.82, 2.24) is 5.32 Å². The van der Waals surface area contributed by atoms with Gasteiger partial charge in [-0.1, -0.05) is 18.9 Å². The second-order valence-corrected chi connectivity index (χ2v) is 5.59. The summed E-state index contributed by atoms with van der Waals surface area (Å²) in [5.41, 5.74) is 0.221. The van der Waals surface area contributed by atoms with Crippen LogP contribution in [0, 0.1) is 5.41 Å². The van der Waals surface area contributed by atoms with Crippen LogP contribution in [-0.2, 0) is 0 Å². The molecule has 1 saturated carbocycles. The van der Waals surface area contributed by atoms with Gasteiger partial charge in [0.25, 0.3) is 5.91 Å². The van der Waals surface area contributed by atoms with E-state index in [4.69, 9.17) is 9.47 Å². The summed E-state index contributed by atoms with van der Waals surface area (Å²) in [7, 11) is 3.05. The lowest BCUT2D eigenvalue weighted by molar-refractivity contribution is 0.0875. The standard InChI is InChI=1S/C16H23NO4/c1-20-12-6-5-7-13(21-2)14(12)15(19)17-10-16(11-18)8-3-4-9-16/h5-7,18H,3-4,8-11H2,1-2H3,(H,17,19). The second kappa shape index (κ2) is 6.80. The number of hydrogen-bond donors (Lipinski definition) is 2. The number of benzene rings is 1. The Morgan fingerprint density at radius 1 is 1.24 bits per heavy atom. The van der Waals surface area contributed by atoms with Crippen LogP contribution in [0.5, 0.6) is 11.5 Å². The van der Waals surface area contributed by atoms with Gasteiger partial charge in [0.15, 0.2) is 0 Å². The summed E-state index contributed by atoms with van der Waals surface area (Å²) in [6, 6.07) is 5.24. The zero-order valence-corrected chi connectivity index (χ0v) is 12.6. The van der Waals surface area contributed by atoms with Crippen LogP contribution in [0.25, 0.3) is 0 Å². The molecule has 5 nitrogen and oxygen atoms in total. The van der Waals surface area contributed by atoms with Crippen molar-refractivity contribution in [2.75, 3.05) is 27.4 Å². The summed E-state index contributed by atoms with van der Waals surface area (Å²) in [4.78, 5) is 12.5. The highest BCUT2D eigenvalue weighted by Crippen LogP contribution is 2.37. The fourth-order valence-electron chi connectivity index (χ4n) is 2.95. The monoisotopic (exact) mass is 293 g/mol. The molecule has 1 amide bonds. The summed E-state index contributed by atoms with van der Waals surface area (Å²) in [5.74, 6) is 0.733. The van der Waals surface area contributed by atoms with E-state index in [1.54, 1.807) is 18.2 Å².